The van der Waals surface area contributed by atoms with Crippen molar-refractivity contribution in [2.75, 3.05) is 11.5 Å². The fourth-order valence-electron chi connectivity index (χ4n) is 0.496. The molecule has 1 aromatic carbocycles. The van der Waals surface area contributed by atoms with Crippen LogP contribution in [0.1, 0.15) is 0 Å². The standard InChI is InChI=1S/C6H8N2.AsH3O4/c7-5-1-2-6(8)4-3-5;2-1(3,4)5/h1-4H,7-8H2;(H3,2,3,4,5). The molecule has 0 atom stereocenters. The van der Waals surface area contributed by atoms with Gasteiger partial charge in [-0.3, -0.25) is 0 Å². The molecule has 0 unspecified atom stereocenters. The average Bonchev–Trinajstić information content (AvgIpc) is 1.92. The van der Waals surface area contributed by atoms with Crippen LogP contribution in [0.25, 0.3) is 0 Å². The number of rotatable bonds is 0. The van der Waals surface area contributed by atoms with Crippen LogP contribution in [0.15, 0.2) is 24.3 Å². The first-order valence-electron chi connectivity index (χ1n) is 3.18. The number of anilines is 2. The molecule has 6 nitrogen and oxygen atoms in total. The van der Waals surface area contributed by atoms with E-state index in [0.717, 1.165) is 11.4 Å². The van der Waals surface area contributed by atoms with Crippen LogP contribution in [-0.2, 0) is 3.74 Å². The van der Waals surface area contributed by atoms with Crippen LogP contribution in [-0.4, -0.2) is 26.8 Å². The third-order valence-electron chi connectivity index (χ3n) is 0.936. The van der Waals surface area contributed by atoms with Gasteiger partial charge in [0.2, 0.25) is 0 Å². The molecule has 1 aromatic rings. The van der Waals surface area contributed by atoms with Crippen LogP contribution in [0.5, 0.6) is 0 Å². The molecule has 0 aliphatic rings. The molecule has 0 aliphatic carbocycles. The molecule has 0 spiro atoms. The zero-order valence-corrected chi connectivity index (χ0v) is 8.54. The van der Waals surface area contributed by atoms with Gasteiger partial charge in [-0.25, -0.2) is 0 Å². The van der Waals surface area contributed by atoms with Gasteiger partial charge in [-0.2, -0.15) is 0 Å². The van der Waals surface area contributed by atoms with Crippen molar-refractivity contribution in [3.05, 3.63) is 24.3 Å². The van der Waals surface area contributed by atoms with Gasteiger partial charge in [0.15, 0.2) is 0 Å². The van der Waals surface area contributed by atoms with Crippen molar-refractivity contribution < 1.29 is 16.0 Å². The Bertz CT molecular complexity index is 265. The fourth-order valence-corrected chi connectivity index (χ4v) is 0.496. The summed E-state index contributed by atoms with van der Waals surface area (Å²) in [5.74, 6) is 0. The molecule has 0 radical (unpaired) electrons. The normalized spacial score (nSPS) is 10.1. The molecular weight excluding hydrogens is 239 g/mol. The molecule has 0 aliphatic heterocycles. The molecule has 0 heterocycles. The van der Waals surface area contributed by atoms with Crippen LogP contribution in [0.3, 0.4) is 0 Å². The fraction of sp³-hybridized carbons (Fsp3) is 0. The second kappa shape index (κ2) is 4.93. The third kappa shape index (κ3) is 11.1. The van der Waals surface area contributed by atoms with E-state index in [-0.39, 0.29) is 0 Å². The van der Waals surface area contributed by atoms with Gasteiger partial charge in [-0.1, -0.05) is 0 Å². The van der Waals surface area contributed by atoms with Crippen molar-refractivity contribution in [2.24, 2.45) is 0 Å². The summed E-state index contributed by atoms with van der Waals surface area (Å²) in [5.41, 5.74) is 12.2. The van der Waals surface area contributed by atoms with Crippen LogP contribution < -0.4 is 11.5 Å². The van der Waals surface area contributed by atoms with Gasteiger partial charge in [-0.15, -0.1) is 0 Å². The molecule has 0 amide bonds. The van der Waals surface area contributed by atoms with Gasteiger partial charge in [0.25, 0.3) is 0 Å². The van der Waals surface area contributed by atoms with Gasteiger partial charge < -0.3 is 11.5 Å². The first-order valence-corrected chi connectivity index (χ1v) is 6.47. The number of nitrogen functional groups attached to an aromatic ring is 2. The van der Waals surface area contributed by atoms with Crippen LogP contribution >= 0.6 is 0 Å². The minimum atomic E-state index is -5.12. The molecule has 1 rings (SSSR count). The Hall–Kier alpha value is -0.942. The number of benzene rings is 1. The van der Waals surface area contributed by atoms with E-state index < -0.39 is 14.5 Å². The van der Waals surface area contributed by atoms with Gasteiger partial charge in [0.1, 0.15) is 0 Å². The topological polar surface area (TPSA) is 130 Å². The SMILES string of the molecule is Nc1ccc(N)cc1.O=[As](O)(O)O. The van der Waals surface area contributed by atoms with E-state index in [1.54, 1.807) is 24.3 Å². The van der Waals surface area contributed by atoms with Crippen LogP contribution in [0.4, 0.5) is 11.4 Å². The molecule has 0 fully saturated rings. The Labute approximate surface area is 78.2 Å². The van der Waals surface area contributed by atoms with E-state index in [1.807, 2.05) is 0 Å². The summed E-state index contributed by atoms with van der Waals surface area (Å²) < 4.78 is 30.7. The van der Waals surface area contributed by atoms with Gasteiger partial charge in [0.05, 0.1) is 0 Å². The molecular formula is C6H11AsN2O4. The molecule has 0 saturated carbocycles. The van der Waals surface area contributed by atoms with Gasteiger partial charge >= 0.3 is 30.5 Å². The molecule has 7 heteroatoms. The van der Waals surface area contributed by atoms with E-state index in [9.17, 15) is 0 Å². The quantitative estimate of drug-likeness (QED) is 0.287. The van der Waals surface area contributed by atoms with Crippen molar-refractivity contribution in [3.63, 3.8) is 0 Å². The maximum atomic E-state index is 8.94. The second-order valence-electron chi connectivity index (χ2n) is 2.18. The van der Waals surface area contributed by atoms with Crippen molar-refractivity contribution in [1.29, 1.82) is 0 Å². The van der Waals surface area contributed by atoms with E-state index in [2.05, 4.69) is 0 Å². The molecule has 0 bridgehead atoms. The number of hydrogen-bond acceptors (Lipinski definition) is 3. The van der Waals surface area contributed by atoms with Crippen molar-refractivity contribution in [2.45, 2.75) is 0 Å². The summed E-state index contributed by atoms with van der Waals surface area (Å²) in [6.07, 6.45) is 0. The van der Waals surface area contributed by atoms with Gasteiger partial charge in [0, 0.05) is 11.4 Å². The van der Waals surface area contributed by atoms with Crippen LogP contribution in [0.2, 0.25) is 0 Å². The summed E-state index contributed by atoms with van der Waals surface area (Å²) in [7, 11) is 0. The Morgan fingerprint density at radius 3 is 1.23 bits per heavy atom. The number of hydrogen-bond donors (Lipinski definition) is 5. The van der Waals surface area contributed by atoms with E-state index in [0.29, 0.717) is 0 Å². The Morgan fingerprint density at radius 2 is 1.08 bits per heavy atom. The molecule has 13 heavy (non-hydrogen) atoms. The molecule has 0 saturated heterocycles. The predicted molar refractivity (Wildman–Crippen MR) is 48.4 cm³/mol. The third-order valence-corrected chi connectivity index (χ3v) is 0.936. The van der Waals surface area contributed by atoms with E-state index >= 15 is 0 Å². The van der Waals surface area contributed by atoms with E-state index in [4.69, 9.17) is 27.5 Å². The first-order chi connectivity index (χ1) is 5.79. The summed E-state index contributed by atoms with van der Waals surface area (Å²) in [6.45, 7) is 0. The Morgan fingerprint density at radius 1 is 0.923 bits per heavy atom. The monoisotopic (exact) mass is 250 g/mol. The maximum absolute atomic E-state index is 8.94. The molecule has 0 aromatic heterocycles. The average molecular weight is 250 g/mol. The summed E-state index contributed by atoms with van der Waals surface area (Å²) in [5, 5.41) is 0. The minimum absolute atomic E-state index is 0.749. The zero-order chi connectivity index (χ0) is 10.5. The van der Waals surface area contributed by atoms with Crippen molar-refractivity contribution in [3.8, 4) is 0 Å². The zero-order valence-electron chi connectivity index (χ0n) is 6.66. The van der Waals surface area contributed by atoms with Gasteiger partial charge in [-0.05, 0) is 24.3 Å². The first kappa shape index (κ1) is 12.1. The summed E-state index contributed by atoms with van der Waals surface area (Å²) in [4.78, 5) is 0. The summed E-state index contributed by atoms with van der Waals surface area (Å²) >= 11 is -5.12. The Balaban J connectivity index is 0.000000252. The second-order valence-corrected chi connectivity index (χ2v) is 4.33. The molecule has 74 valence electrons. The van der Waals surface area contributed by atoms with Crippen molar-refractivity contribution >= 4 is 25.9 Å². The van der Waals surface area contributed by atoms with Crippen LogP contribution in [0, 0.1) is 0 Å². The predicted octanol–water partition coefficient (Wildman–Crippen LogP) is -1.32. The Kier molecular flexibility index (Phi) is 4.58. The number of nitrogens with two attached hydrogens (primary N) is 2. The van der Waals surface area contributed by atoms with E-state index in [1.165, 1.54) is 0 Å². The summed E-state index contributed by atoms with van der Waals surface area (Å²) in [6, 6.07) is 7.09. The molecule has 7 N–H and O–H groups in total. The van der Waals surface area contributed by atoms with Crippen molar-refractivity contribution in [1.82, 2.24) is 0 Å².